The number of ether oxygens (including phenoxy) is 1. The summed E-state index contributed by atoms with van der Waals surface area (Å²) in [6, 6.07) is 11.6. The smallest absolute Gasteiger partial charge is 0.267 e. The first-order valence-corrected chi connectivity index (χ1v) is 12.8. The largest absolute Gasteiger partial charge is 0.497 e. The third kappa shape index (κ3) is 4.70. The summed E-state index contributed by atoms with van der Waals surface area (Å²) in [5.74, 6) is 1.26. The Balaban J connectivity index is 1.46. The maximum atomic E-state index is 13.6. The standard InChI is InChI=1S/C26H26N4O3S2/c1-17-5-10-22-27-23(28-12-3-4-13-28)20(24(31)30(22)16-17)15-21-25(32)29(26(34)35-21)14-11-18-6-8-19(33-2)9-7-18/h5-10,15-16H,3-4,11-14H2,1-2H3. The lowest BCUT2D eigenvalue weighted by atomic mass is 10.1. The highest BCUT2D eigenvalue weighted by Crippen LogP contribution is 2.34. The van der Waals surface area contributed by atoms with E-state index in [0.29, 0.717) is 39.2 Å². The molecule has 0 aliphatic carbocycles. The van der Waals surface area contributed by atoms with Crippen molar-refractivity contribution in [2.75, 3.05) is 31.6 Å². The first kappa shape index (κ1) is 23.6. The molecule has 1 aromatic carbocycles. The maximum Gasteiger partial charge on any atom is 0.267 e. The van der Waals surface area contributed by atoms with E-state index in [1.54, 1.807) is 28.7 Å². The number of rotatable bonds is 6. The summed E-state index contributed by atoms with van der Waals surface area (Å²) < 4.78 is 7.27. The van der Waals surface area contributed by atoms with Crippen molar-refractivity contribution < 1.29 is 9.53 Å². The van der Waals surface area contributed by atoms with Gasteiger partial charge >= 0.3 is 0 Å². The van der Waals surface area contributed by atoms with E-state index in [2.05, 4.69) is 4.90 Å². The van der Waals surface area contributed by atoms with Crippen LogP contribution in [-0.4, -0.2) is 51.3 Å². The monoisotopic (exact) mass is 506 g/mol. The van der Waals surface area contributed by atoms with Crippen molar-refractivity contribution in [1.29, 1.82) is 0 Å². The molecule has 0 spiro atoms. The number of thiocarbonyl (C=S) groups is 1. The van der Waals surface area contributed by atoms with E-state index >= 15 is 0 Å². The van der Waals surface area contributed by atoms with Crippen LogP contribution in [0.3, 0.4) is 0 Å². The van der Waals surface area contributed by atoms with Crippen molar-refractivity contribution >= 4 is 51.7 Å². The summed E-state index contributed by atoms with van der Waals surface area (Å²) >= 11 is 6.77. The Kier molecular flexibility index (Phi) is 6.62. The van der Waals surface area contributed by atoms with Crippen LogP contribution >= 0.6 is 24.0 Å². The average Bonchev–Trinajstić information content (AvgIpc) is 3.49. The fourth-order valence-electron chi connectivity index (χ4n) is 4.40. The SMILES string of the molecule is COc1ccc(CCN2C(=O)C(=Cc3c(N4CCCC4)nc4ccc(C)cn4c3=O)SC2=S)cc1. The lowest BCUT2D eigenvalue weighted by Crippen LogP contribution is -2.30. The van der Waals surface area contributed by atoms with Crippen LogP contribution in [0.5, 0.6) is 5.75 Å². The molecule has 1 amide bonds. The Morgan fingerprint density at radius 2 is 1.86 bits per heavy atom. The van der Waals surface area contributed by atoms with Gasteiger partial charge in [0.1, 0.15) is 21.5 Å². The van der Waals surface area contributed by atoms with Crippen molar-refractivity contribution in [3.05, 3.63) is 74.5 Å². The van der Waals surface area contributed by atoms with Crippen LogP contribution in [0.1, 0.15) is 29.5 Å². The van der Waals surface area contributed by atoms with Crippen molar-refractivity contribution in [1.82, 2.24) is 14.3 Å². The Labute approximate surface area is 213 Å². The Hall–Kier alpha value is -3.17. The molecule has 2 aromatic heterocycles. The number of amides is 1. The number of aromatic nitrogens is 2. The molecule has 3 aromatic rings. The molecule has 2 saturated heterocycles. The molecular formula is C26H26N4O3S2. The second kappa shape index (κ2) is 9.83. The van der Waals surface area contributed by atoms with E-state index in [1.807, 2.05) is 43.3 Å². The van der Waals surface area contributed by atoms with Gasteiger partial charge < -0.3 is 9.64 Å². The highest BCUT2D eigenvalue weighted by atomic mass is 32.2. The molecule has 2 fully saturated rings. The molecule has 0 N–H and O–H groups in total. The summed E-state index contributed by atoms with van der Waals surface area (Å²) in [5.41, 5.74) is 2.92. The highest BCUT2D eigenvalue weighted by Gasteiger charge is 2.33. The summed E-state index contributed by atoms with van der Waals surface area (Å²) in [6.07, 6.45) is 6.26. The number of carbonyl (C=O) groups excluding carboxylic acids is 1. The molecule has 7 nitrogen and oxygen atoms in total. The maximum absolute atomic E-state index is 13.6. The first-order chi connectivity index (χ1) is 16.9. The number of carbonyl (C=O) groups is 1. The number of anilines is 1. The van der Waals surface area contributed by atoms with Gasteiger partial charge in [-0.15, -0.1) is 0 Å². The Bertz CT molecular complexity index is 1390. The van der Waals surface area contributed by atoms with E-state index < -0.39 is 0 Å². The van der Waals surface area contributed by atoms with Crippen LogP contribution in [0.4, 0.5) is 5.82 Å². The predicted molar refractivity (Wildman–Crippen MR) is 144 cm³/mol. The molecular weight excluding hydrogens is 480 g/mol. The van der Waals surface area contributed by atoms with E-state index in [4.69, 9.17) is 21.9 Å². The Morgan fingerprint density at radius 3 is 2.57 bits per heavy atom. The predicted octanol–water partition coefficient (Wildman–Crippen LogP) is 4.06. The number of pyridine rings is 1. The van der Waals surface area contributed by atoms with Crippen LogP contribution in [0.15, 0.2) is 52.3 Å². The molecule has 2 aliphatic heterocycles. The van der Waals surface area contributed by atoms with Gasteiger partial charge in [-0.25, -0.2) is 4.98 Å². The lowest BCUT2D eigenvalue weighted by molar-refractivity contribution is -0.122. The number of methoxy groups -OCH3 is 1. The van der Waals surface area contributed by atoms with Gasteiger partial charge in [-0.3, -0.25) is 18.9 Å². The summed E-state index contributed by atoms with van der Waals surface area (Å²) in [4.78, 5) is 35.9. The molecule has 5 rings (SSSR count). The topological polar surface area (TPSA) is 67.2 Å². The highest BCUT2D eigenvalue weighted by molar-refractivity contribution is 8.26. The van der Waals surface area contributed by atoms with Gasteiger partial charge in [-0.1, -0.05) is 42.2 Å². The van der Waals surface area contributed by atoms with Gasteiger partial charge in [-0.05, 0) is 61.6 Å². The second-order valence-corrected chi connectivity index (χ2v) is 10.4. The van der Waals surface area contributed by atoms with E-state index in [1.165, 1.54) is 11.8 Å². The number of aryl methyl sites for hydroxylation is 1. The second-order valence-electron chi connectivity index (χ2n) is 8.71. The van der Waals surface area contributed by atoms with Gasteiger partial charge in [-0.2, -0.15) is 0 Å². The van der Waals surface area contributed by atoms with E-state index in [-0.39, 0.29) is 11.5 Å². The molecule has 2 aliphatic rings. The van der Waals surface area contributed by atoms with Gasteiger partial charge in [0.25, 0.3) is 11.5 Å². The lowest BCUT2D eigenvalue weighted by Gasteiger charge is -2.19. The number of hydrogen-bond acceptors (Lipinski definition) is 7. The van der Waals surface area contributed by atoms with Crippen molar-refractivity contribution in [3.8, 4) is 5.75 Å². The third-order valence-corrected chi connectivity index (χ3v) is 7.70. The number of fused-ring (bicyclic) bond motifs is 1. The van der Waals surface area contributed by atoms with Crippen LogP contribution in [-0.2, 0) is 11.2 Å². The molecule has 0 bridgehead atoms. The quantitative estimate of drug-likeness (QED) is 0.369. The fourth-order valence-corrected chi connectivity index (χ4v) is 5.69. The van der Waals surface area contributed by atoms with Gasteiger partial charge in [0.2, 0.25) is 0 Å². The van der Waals surface area contributed by atoms with Crippen LogP contribution in [0.25, 0.3) is 11.7 Å². The first-order valence-electron chi connectivity index (χ1n) is 11.6. The van der Waals surface area contributed by atoms with Crippen molar-refractivity contribution in [2.45, 2.75) is 26.2 Å². The van der Waals surface area contributed by atoms with Crippen LogP contribution in [0, 0.1) is 6.92 Å². The zero-order chi connectivity index (χ0) is 24.5. The fraction of sp³-hybridized carbons (Fsp3) is 0.308. The van der Waals surface area contributed by atoms with Gasteiger partial charge in [0.05, 0.1) is 17.6 Å². The summed E-state index contributed by atoms with van der Waals surface area (Å²) in [7, 11) is 1.63. The molecule has 0 radical (unpaired) electrons. The third-order valence-electron chi connectivity index (χ3n) is 6.32. The number of nitrogens with zero attached hydrogens (tertiary/aromatic N) is 4. The minimum absolute atomic E-state index is 0.172. The zero-order valence-electron chi connectivity index (χ0n) is 19.7. The molecule has 180 valence electrons. The van der Waals surface area contributed by atoms with E-state index in [0.717, 1.165) is 42.8 Å². The number of benzene rings is 1. The normalized spacial score (nSPS) is 17.3. The molecule has 4 heterocycles. The number of hydrogen-bond donors (Lipinski definition) is 0. The minimum atomic E-state index is -0.177. The van der Waals surface area contributed by atoms with E-state index in [9.17, 15) is 9.59 Å². The molecule has 9 heteroatoms. The van der Waals surface area contributed by atoms with Crippen molar-refractivity contribution in [2.24, 2.45) is 0 Å². The summed E-state index contributed by atoms with van der Waals surface area (Å²) in [5, 5.41) is 0. The summed E-state index contributed by atoms with van der Waals surface area (Å²) in [6.45, 7) is 4.10. The van der Waals surface area contributed by atoms with Gasteiger partial charge in [0.15, 0.2) is 0 Å². The van der Waals surface area contributed by atoms with Gasteiger partial charge in [0, 0.05) is 25.8 Å². The van der Waals surface area contributed by atoms with Crippen molar-refractivity contribution in [3.63, 3.8) is 0 Å². The molecule has 35 heavy (non-hydrogen) atoms. The zero-order valence-corrected chi connectivity index (χ0v) is 21.3. The Morgan fingerprint density at radius 1 is 1.11 bits per heavy atom. The molecule has 0 atom stereocenters. The van der Waals surface area contributed by atoms with Crippen LogP contribution in [0.2, 0.25) is 0 Å². The average molecular weight is 507 g/mol. The molecule has 0 saturated carbocycles. The number of thioether (sulfide) groups is 1. The molecule has 0 unspecified atom stereocenters. The van der Waals surface area contributed by atoms with Crippen LogP contribution < -0.4 is 15.2 Å². The minimum Gasteiger partial charge on any atom is -0.497 e.